The van der Waals surface area contributed by atoms with Gasteiger partial charge in [-0.05, 0) is 43.2 Å². The summed E-state index contributed by atoms with van der Waals surface area (Å²) in [4.78, 5) is 23.6. The fourth-order valence-corrected chi connectivity index (χ4v) is 2.03. The highest BCUT2D eigenvalue weighted by molar-refractivity contribution is 5.84. The third-order valence-corrected chi connectivity index (χ3v) is 3.46. The smallest absolute Gasteiger partial charge is 0.279 e. The highest BCUT2D eigenvalue weighted by atomic mass is 19.2. The minimum Gasteiger partial charge on any atom is -0.478 e. The molecule has 2 N–H and O–H groups in total. The van der Waals surface area contributed by atoms with Gasteiger partial charge in [0.15, 0.2) is 29.3 Å². The summed E-state index contributed by atoms with van der Waals surface area (Å²) in [5, 5.41) is 0. The average molecular weight is 366 g/mol. The number of hydrogen-bond acceptors (Lipinski definition) is 3. The van der Waals surface area contributed by atoms with Crippen LogP contribution < -0.4 is 15.6 Å². The van der Waals surface area contributed by atoms with Crippen LogP contribution >= 0.6 is 0 Å². The van der Waals surface area contributed by atoms with Crippen molar-refractivity contribution < 1.29 is 27.5 Å². The molecule has 0 aromatic heterocycles. The second-order valence-corrected chi connectivity index (χ2v) is 5.48. The van der Waals surface area contributed by atoms with Crippen molar-refractivity contribution in [1.29, 1.82) is 0 Å². The van der Waals surface area contributed by atoms with Gasteiger partial charge in [-0.15, -0.1) is 0 Å². The van der Waals surface area contributed by atoms with E-state index in [2.05, 4.69) is 10.9 Å². The Balaban J connectivity index is 1.76. The summed E-state index contributed by atoms with van der Waals surface area (Å²) in [5.74, 6) is -3.84. The fraction of sp³-hybridized carbons (Fsp3) is 0.222. The number of carbonyl (C=O) groups is 2. The first-order chi connectivity index (χ1) is 12.4. The summed E-state index contributed by atoms with van der Waals surface area (Å²) in [7, 11) is 0. The molecule has 0 bridgehead atoms. The Morgan fingerprint density at radius 1 is 1.00 bits per heavy atom. The van der Waals surface area contributed by atoms with Crippen molar-refractivity contribution in [3.8, 4) is 5.75 Å². The molecule has 2 rings (SSSR count). The van der Waals surface area contributed by atoms with Gasteiger partial charge in [0.25, 0.3) is 5.91 Å². The van der Waals surface area contributed by atoms with E-state index in [0.29, 0.717) is 5.56 Å². The molecule has 0 spiro atoms. The lowest BCUT2D eigenvalue weighted by atomic mass is 10.1. The summed E-state index contributed by atoms with van der Waals surface area (Å²) in [6.45, 7) is 1.40. The molecule has 1 unspecified atom stereocenters. The molecular weight excluding hydrogens is 349 g/mol. The van der Waals surface area contributed by atoms with Gasteiger partial charge in [0.2, 0.25) is 5.91 Å². The number of hydrazine groups is 1. The predicted octanol–water partition coefficient (Wildman–Crippen LogP) is 2.65. The number of halogens is 3. The van der Waals surface area contributed by atoms with E-state index < -0.39 is 35.4 Å². The van der Waals surface area contributed by atoms with Crippen LogP contribution in [0.3, 0.4) is 0 Å². The van der Waals surface area contributed by atoms with Crippen LogP contribution in [0, 0.1) is 17.5 Å². The van der Waals surface area contributed by atoms with E-state index >= 15 is 0 Å². The molecule has 0 aliphatic rings. The molecular formula is C18H17F3N2O3. The zero-order chi connectivity index (χ0) is 19.1. The Bertz CT molecular complexity index is 799. The third kappa shape index (κ3) is 5.51. The Morgan fingerprint density at radius 3 is 2.42 bits per heavy atom. The zero-order valence-electron chi connectivity index (χ0n) is 13.9. The molecule has 8 heteroatoms. The average Bonchev–Trinajstić information content (AvgIpc) is 2.62. The van der Waals surface area contributed by atoms with Gasteiger partial charge in [-0.2, -0.15) is 0 Å². The number of aryl methyl sites for hydroxylation is 1. The van der Waals surface area contributed by atoms with Crippen molar-refractivity contribution in [2.24, 2.45) is 0 Å². The van der Waals surface area contributed by atoms with E-state index in [-0.39, 0.29) is 18.6 Å². The summed E-state index contributed by atoms with van der Waals surface area (Å²) >= 11 is 0. The summed E-state index contributed by atoms with van der Waals surface area (Å²) in [6, 6.07) is 8.97. The van der Waals surface area contributed by atoms with Crippen LogP contribution in [0.1, 0.15) is 18.9 Å². The second-order valence-electron chi connectivity index (χ2n) is 5.48. The molecule has 0 heterocycles. The lowest BCUT2D eigenvalue weighted by molar-refractivity contribution is -0.132. The van der Waals surface area contributed by atoms with Crippen LogP contribution in [0.15, 0.2) is 42.5 Å². The van der Waals surface area contributed by atoms with E-state index in [0.717, 1.165) is 12.1 Å². The summed E-state index contributed by atoms with van der Waals surface area (Å²) < 4.78 is 44.6. The van der Waals surface area contributed by atoms with Gasteiger partial charge in [-0.25, -0.2) is 13.2 Å². The molecule has 0 saturated heterocycles. The Morgan fingerprint density at radius 2 is 1.73 bits per heavy atom. The quantitative estimate of drug-likeness (QED) is 0.773. The van der Waals surface area contributed by atoms with Crippen LogP contribution in [0.4, 0.5) is 13.2 Å². The molecule has 1 atom stereocenters. The summed E-state index contributed by atoms with van der Waals surface area (Å²) in [6.07, 6.45) is -0.924. The first-order valence-electron chi connectivity index (χ1n) is 7.80. The van der Waals surface area contributed by atoms with Crippen molar-refractivity contribution in [2.45, 2.75) is 25.9 Å². The summed E-state index contributed by atoms with van der Waals surface area (Å²) in [5.41, 5.74) is 4.78. The number of para-hydroxylation sites is 1. The van der Waals surface area contributed by atoms with Gasteiger partial charge in [-0.3, -0.25) is 20.4 Å². The minimum atomic E-state index is -1.04. The first kappa shape index (κ1) is 19.3. The van der Waals surface area contributed by atoms with Crippen LogP contribution in [-0.4, -0.2) is 17.9 Å². The van der Waals surface area contributed by atoms with Gasteiger partial charge in [-0.1, -0.05) is 18.2 Å². The topological polar surface area (TPSA) is 67.4 Å². The van der Waals surface area contributed by atoms with Crippen molar-refractivity contribution in [3.63, 3.8) is 0 Å². The Kier molecular flexibility index (Phi) is 6.60. The Hall–Kier alpha value is -3.03. The van der Waals surface area contributed by atoms with Crippen LogP contribution in [0.25, 0.3) is 0 Å². The largest absolute Gasteiger partial charge is 0.478 e. The van der Waals surface area contributed by atoms with Crippen molar-refractivity contribution in [2.75, 3.05) is 0 Å². The maximum absolute atomic E-state index is 13.5. The van der Waals surface area contributed by atoms with E-state index in [1.54, 1.807) is 6.07 Å². The van der Waals surface area contributed by atoms with E-state index in [1.165, 1.54) is 31.2 Å². The van der Waals surface area contributed by atoms with E-state index in [1.807, 2.05) is 0 Å². The lowest BCUT2D eigenvalue weighted by Crippen LogP contribution is -2.47. The van der Waals surface area contributed by atoms with E-state index in [9.17, 15) is 22.8 Å². The van der Waals surface area contributed by atoms with Crippen LogP contribution in [-0.2, 0) is 16.0 Å². The van der Waals surface area contributed by atoms with Gasteiger partial charge >= 0.3 is 0 Å². The van der Waals surface area contributed by atoms with Gasteiger partial charge in [0.05, 0.1) is 0 Å². The van der Waals surface area contributed by atoms with Gasteiger partial charge in [0, 0.05) is 6.42 Å². The number of ether oxygens (including phenoxy) is 1. The maximum atomic E-state index is 13.5. The van der Waals surface area contributed by atoms with E-state index in [4.69, 9.17) is 4.74 Å². The SMILES string of the molecule is CC(Oc1ccccc1F)C(=O)NNC(=O)CCc1ccc(F)c(F)c1. The molecule has 2 amide bonds. The van der Waals surface area contributed by atoms with Crippen molar-refractivity contribution in [3.05, 3.63) is 65.5 Å². The molecule has 138 valence electrons. The molecule has 5 nitrogen and oxygen atoms in total. The Labute approximate surface area is 148 Å². The van der Waals surface area contributed by atoms with Crippen LogP contribution in [0.2, 0.25) is 0 Å². The molecule has 0 aliphatic heterocycles. The maximum Gasteiger partial charge on any atom is 0.279 e. The molecule has 2 aromatic carbocycles. The second kappa shape index (κ2) is 8.89. The fourth-order valence-electron chi connectivity index (χ4n) is 2.03. The number of carbonyl (C=O) groups excluding carboxylic acids is 2. The minimum absolute atomic E-state index is 0.0477. The zero-order valence-corrected chi connectivity index (χ0v) is 13.9. The lowest BCUT2D eigenvalue weighted by Gasteiger charge is -2.15. The normalized spacial score (nSPS) is 11.5. The molecule has 0 fully saturated rings. The molecule has 0 radical (unpaired) electrons. The monoisotopic (exact) mass is 366 g/mol. The third-order valence-electron chi connectivity index (χ3n) is 3.46. The van der Waals surface area contributed by atoms with Gasteiger partial charge < -0.3 is 4.74 Å². The molecule has 0 saturated carbocycles. The van der Waals surface area contributed by atoms with Crippen LogP contribution in [0.5, 0.6) is 5.75 Å². The number of amides is 2. The number of benzene rings is 2. The number of rotatable bonds is 6. The molecule has 26 heavy (non-hydrogen) atoms. The standard InChI is InChI=1S/C18H17F3N2O3/c1-11(26-16-5-3-2-4-14(16)20)18(25)23-22-17(24)9-7-12-6-8-13(19)15(21)10-12/h2-6,8,10-11H,7,9H2,1H3,(H,22,24)(H,23,25). The van der Waals surface area contributed by atoms with Gasteiger partial charge in [0.1, 0.15) is 0 Å². The number of hydrogen-bond donors (Lipinski definition) is 2. The first-order valence-corrected chi connectivity index (χ1v) is 7.80. The highest BCUT2D eigenvalue weighted by Gasteiger charge is 2.17. The molecule has 0 aliphatic carbocycles. The highest BCUT2D eigenvalue weighted by Crippen LogP contribution is 2.16. The predicted molar refractivity (Wildman–Crippen MR) is 87.5 cm³/mol. The number of nitrogens with one attached hydrogen (secondary N) is 2. The van der Waals surface area contributed by atoms with Crippen molar-refractivity contribution in [1.82, 2.24) is 10.9 Å². The molecule has 2 aromatic rings. The van der Waals surface area contributed by atoms with Crippen molar-refractivity contribution >= 4 is 11.8 Å².